The van der Waals surface area contributed by atoms with Crippen molar-refractivity contribution >= 4 is 150 Å². The molecule has 0 radical (unpaired) electrons. The van der Waals surface area contributed by atoms with Crippen LogP contribution in [0.5, 0.6) is 17.2 Å². The first-order valence-electron chi connectivity index (χ1n) is 39.7. The Kier molecular flexibility index (Phi) is 26.5. The molecule has 9 aromatic rings. The Morgan fingerprint density at radius 3 is 1.37 bits per heavy atom. The normalized spacial score (nSPS) is 17.6. The van der Waals surface area contributed by atoms with Crippen molar-refractivity contribution in [3.63, 3.8) is 0 Å². The monoisotopic (exact) mass is 1800 g/mol. The van der Waals surface area contributed by atoms with Crippen molar-refractivity contribution in [1.29, 1.82) is 0 Å². The molecule has 41 heteroatoms. The number of Topliss-reactive ketones (excluding diaryl/α,β-unsaturated/α-hetero) is 2. The second-order valence-corrected chi connectivity index (χ2v) is 34.7. The van der Waals surface area contributed by atoms with Gasteiger partial charge in [0.15, 0.2) is 38.9 Å². The molecule has 0 unspecified atom stereocenters. The average Bonchev–Trinajstić information content (AvgIpc) is 1.61. The predicted octanol–water partition coefficient (Wildman–Crippen LogP) is 10.6. The van der Waals surface area contributed by atoms with E-state index in [2.05, 4.69) is 60.1 Å². The highest BCUT2D eigenvalue weighted by molar-refractivity contribution is 7.91. The number of alkyl halides is 4. The second kappa shape index (κ2) is 36.4. The summed E-state index contributed by atoms with van der Waals surface area (Å²) in [7, 11) is 1.79. The number of rotatable bonds is 22. The van der Waals surface area contributed by atoms with E-state index < -0.39 is 40.0 Å². The smallest absolute Gasteiger partial charge is 0.261 e. The number of hydrogen-bond acceptors (Lipinski definition) is 26. The summed E-state index contributed by atoms with van der Waals surface area (Å²) in [6.07, 6.45) is 8.68. The lowest BCUT2D eigenvalue weighted by molar-refractivity contribution is -0.113. The molecule has 3 fully saturated rings. The minimum Gasteiger partial charge on any atom is -0.496 e. The lowest BCUT2D eigenvalue weighted by atomic mass is 10.1. The SMILES string of the molecule is COc1c(C)c(C)nc(CN2C(=O)/C(=C\c3cc(C(=O)CN4CCC(F)(F)C4)c[nH]3)c3c(Cl)nc(N)nc32)c1C.COc1c(C)c(C)nc(CN2C(=O)/C(=C\c3cc(C(=O)CN4CCC(F)(F)CC4)c[nH]3)c3c(Cl)nc(N)nc32)c1C.COc1c(C)cnc(CN2C(=O)/C(=C\c3[nH]c(C)c(C(=O)NCCN4CCS(=O)(=O)CC4)c3C)c3c(Cl)nc(N)nc32)c1C. The number of aromatic nitrogens is 12. The molecule has 10 N–H and O–H groups in total. The number of anilines is 6. The zero-order valence-corrected chi connectivity index (χ0v) is 73.9. The fourth-order valence-corrected chi connectivity index (χ4v) is 18.1. The Morgan fingerprint density at radius 1 is 0.528 bits per heavy atom. The number of aryl methyl sites for hydroxylation is 4. The first kappa shape index (κ1) is 90.9. The van der Waals surface area contributed by atoms with E-state index in [4.69, 9.17) is 71.2 Å². The van der Waals surface area contributed by atoms with E-state index in [9.17, 15) is 54.7 Å². The van der Waals surface area contributed by atoms with Crippen LogP contribution in [-0.4, -0.2) is 228 Å². The van der Waals surface area contributed by atoms with Crippen LogP contribution in [0.1, 0.15) is 157 Å². The third-order valence-corrected chi connectivity index (χ3v) is 25.4. The number of halogens is 7. The molecule has 0 bridgehead atoms. The van der Waals surface area contributed by atoms with Gasteiger partial charge in [0, 0.05) is 162 Å². The lowest BCUT2D eigenvalue weighted by Crippen LogP contribution is -2.43. The van der Waals surface area contributed by atoms with Crippen molar-refractivity contribution in [2.24, 2.45) is 0 Å². The van der Waals surface area contributed by atoms with Crippen LogP contribution < -0.4 is 51.4 Å². The summed E-state index contributed by atoms with van der Waals surface area (Å²) in [5, 5.41) is 2.98. The average molecular weight is 1800 g/mol. The molecule has 0 saturated carbocycles. The van der Waals surface area contributed by atoms with Gasteiger partial charge in [-0.3, -0.25) is 73.1 Å². The van der Waals surface area contributed by atoms with E-state index in [0.29, 0.717) is 122 Å². The number of pyridine rings is 3. The molecular formula is C84H93Cl3F4N22O11S. The number of nitrogen functional groups attached to an aromatic ring is 3. The number of ketones is 2. The molecule has 6 aliphatic heterocycles. The summed E-state index contributed by atoms with van der Waals surface area (Å²) >= 11 is 19.5. The van der Waals surface area contributed by atoms with Crippen LogP contribution >= 0.6 is 34.8 Å². The molecular weight excluding hydrogens is 1710 g/mol. The number of ether oxygens (including phenoxy) is 3. The van der Waals surface area contributed by atoms with Crippen molar-refractivity contribution < 1.29 is 69.0 Å². The number of fused-ring (bicyclic) bond motifs is 3. The molecule has 6 aliphatic rings. The molecule has 3 saturated heterocycles. The Hall–Kier alpha value is -11.8. The number of carbonyl (C=O) groups is 6. The minimum atomic E-state index is -2.97. The van der Waals surface area contributed by atoms with Crippen LogP contribution in [0.25, 0.3) is 34.9 Å². The number of piperidine rings is 1. The van der Waals surface area contributed by atoms with Gasteiger partial charge in [0.25, 0.3) is 35.5 Å². The molecule has 0 atom stereocenters. The Balaban J connectivity index is 0.000000161. The fraction of sp³-hybridized carbons (Fsp3) is 0.393. The maximum absolute atomic E-state index is 13.9. The number of H-pyrrole nitrogens is 3. The van der Waals surface area contributed by atoms with E-state index in [-0.39, 0.29) is 174 Å². The van der Waals surface area contributed by atoms with Gasteiger partial charge in [0.05, 0.1) is 128 Å². The summed E-state index contributed by atoms with van der Waals surface area (Å²) in [4.78, 5) is 138. The summed E-state index contributed by atoms with van der Waals surface area (Å²) < 4.78 is 94.0. The number of nitrogens with two attached hydrogens (primary N) is 3. The second-order valence-electron chi connectivity index (χ2n) is 31.4. The van der Waals surface area contributed by atoms with E-state index in [1.54, 1.807) is 76.6 Å². The highest BCUT2D eigenvalue weighted by atomic mass is 35.5. The summed E-state index contributed by atoms with van der Waals surface area (Å²) in [6.45, 7) is 20.7. The van der Waals surface area contributed by atoms with Crippen LogP contribution in [0, 0.1) is 69.2 Å². The fourth-order valence-electron chi connectivity index (χ4n) is 16.0. The maximum atomic E-state index is 13.9. The Bertz CT molecular complexity index is 6090. The van der Waals surface area contributed by atoms with Gasteiger partial charge in [-0.25, -0.2) is 40.9 Å². The largest absolute Gasteiger partial charge is 0.496 e. The van der Waals surface area contributed by atoms with E-state index in [0.717, 1.165) is 44.8 Å². The van der Waals surface area contributed by atoms with Crippen molar-refractivity contribution in [2.75, 3.05) is 130 Å². The van der Waals surface area contributed by atoms with Gasteiger partial charge in [-0.2, -0.15) is 15.0 Å². The quantitative estimate of drug-likeness (QED) is 0.0143. The summed E-state index contributed by atoms with van der Waals surface area (Å²) in [5.74, 6) is -4.59. The number of nitrogens with one attached hydrogen (secondary N) is 4. The van der Waals surface area contributed by atoms with Crippen molar-refractivity contribution in [1.82, 2.24) is 79.8 Å². The van der Waals surface area contributed by atoms with E-state index in [1.807, 2.05) is 60.3 Å². The summed E-state index contributed by atoms with van der Waals surface area (Å²) in [6, 6.07) is 3.17. The number of amides is 4. The topological polar surface area (TPSA) is 437 Å². The molecule has 15 heterocycles. The molecule has 15 rings (SSSR count). The van der Waals surface area contributed by atoms with Crippen LogP contribution in [0.4, 0.5) is 52.9 Å². The predicted molar refractivity (Wildman–Crippen MR) is 466 cm³/mol. The minimum absolute atomic E-state index is 0.00441. The van der Waals surface area contributed by atoms with Crippen molar-refractivity contribution in [2.45, 2.75) is 120 Å². The van der Waals surface area contributed by atoms with Crippen molar-refractivity contribution in [3.8, 4) is 17.2 Å². The first-order valence-corrected chi connectivity index (χ1v) is 42.7. The van der Waals surface area contributed by atoms with Crippen LogP contribution in [0.15, 0.2) is 30.7 Å². The molecule has 660 valence electrons. The zero-order chi connectivity index (χ0) is 90.5. The Labute approximate surface area is 731 Å². The number of likely N-dealkylation sites (tertiary alicyclic amines) is 2. The molecule has 125 heavy (non-hydrogen) atoms. The Morgan fingerprint density at radius 2 is 0.936 bits per heavy atom. The van der Waals surface area contributed by atoms with Gasteiger partial charge in [0.2, 0.25) is 17.8 Å². The van der Waals surface area contributed by atoms with Gasteiger partial charge >= 0.3 is 0 Å². The van der Waals surface area contributed by atoms with Crippen molar-refractivity contribution in [3.05, 3.63) is 170 Å². The van der Waals surface area contributed by atoms with Crippen LogP contribution in [0.3, 0.4) is 0 Å². The van der Waals surface area contributed by atoms with E-state index in [1.165, 1.54) is 32.0 Å². The molecule has 0 aliphatic carbocycles. The van der Waals surface area contributed by atoms with Crippen LogP contribution in [0.2, 0.25) is 15.5 Å². The molecule has 0 spiro atoms. The molecule has 4 amide bonds. The molecule has 33 nitrogen and oxygen atoms in total. The highest BCUT2D eigenvalue weighted by Crippen LogP contribution is 2.46. The first-order chi connectivity index (χ1) is 59.1. The number of carbonyl (C=O) groups excluding carboxylic acids is 6. The maximum Gasteiger partial charge on any atom is 0.261 e. The third kappa shape index (κ3) is 19.2. The number of methoxy groups -OCH3 is 3. The third-order valence-electron chi connectivity index (χ3n) is 23.0. The van der Waals surface area contributed by atoms with Gasteiger partial charge in [-0.1, -0.05) is 34.8 Å². The number of sulfone groups is 1. The molecule has 0 aromatic carbocycles. The van der Waals surface area contributed by atoms with Gasteiger partial charge in [-0.05, 0) is 105 Å². The molecule has 9 aromatic heterocycles. The number of aromatic amines is 3. The van der Waals surface area contributed by atoms with Gasteiger partial charge in [-0.15, -0.1) is 0 Å². The lowest BCUT2D eigenvalue weighted by Gasteiger charge is -2.30. The zero-order valence-electron chi connectivity index (χ0n) is 70.8. The van der Waals surface area contributed by atoms with Gasteiger partial charge < -0.3 is 51.7 Å². The van der Waals surface area contributed by atoms with Gasteiger partial charge in [0.1, 0.15) is 32.7 Å². The summed E-state index contributed by atoms with van der Waals surface area (Å²) in [5.41, 5.74) is 31.7. The highest BCUT2D eigenvalue weighted by Gasteiger charge is 2.44. The number of hydrogen-bond donors (Lipinski definition) is 7. The van der Waals surface area contributed by atoms with E-state index >= 15 is 0 Å². The number of nitrogens with zero attached hydrogens (tertiary/aromatic N) is 15. The van der Waals surface area contributed by atoms with Crippen LogP contribution in [-0.2, 0) is 43.9 Å². The standard InChI is InChI=1S/C29H35ClN8O5S.C28H30ClF2N7O3.C27H28ClF2N7O3/c1-15-13-33-21(17(3)24(15)43-5)14-38-26-23(25(30)35-29(31)36-26)19(28(38)40)12-20-16(2)22(18(4)34-20)27(39)32-6-7-37-8-10-44(41,42)11-9-37;1-14-16(3)34-20(15(2)23(14)41-4)12-38-25-22(24(29)35-27(32)36-25)19(26(38)40)10-18-9-17(11-33-18)21(39)13-37-7-5-28(30,31)6-8-37;1-13-15(3)33-19(14(2)22(13)40-4)10-37-24-21(23(28)34-26(31)35-24)18(25(37)39)8-17-7-16(9-32-17)20(38)11-36-6-5-27(29,30)12-36/h12-13,34H,6-11,14H2,1-5H3,(H,32,39)(H2,31,35,36);9-11,33H,5-8,12-13H2,1-4H3,(H2,32,35,36);7-9,32H,5-6,10-12H2,1-4H3,(H2,31,34,35)/b19-12-;19-10-;18-8-.